The van der Waals surface area contributed by atoms with E-state index in [4.69, 9.17) is 0 Å². The van der Waals surface area contributed by atoms with Crippen molar-refractivity contribution in [3.8, 4) is 0 Å². The molecule has 12 heavy (non-hydrogen) atoms. The molecule has 0 atom stereocenters. The summed E-state index contributed by atoms with van der Waals surface area (Å²) in [5.74, 6) is -1.16. The number of benzene rings is 1. The number of anilines is 1. The van der Waals surface area contributed by atoms with Crippen molar-refractivity contribution in [2.75, 3.05) is 11.9 Å². The number of hydrogen-bond donors (Lipinski definition) is 1. The fraction of sp³-hybridized carbons (Fsp3) is 0.111. The van der Waals surface area contributed by atoms with Crippen LogP contribution in [0.25, 0.3) is 0 Å². The van der Waals surface area contributed by atoms with Crippen LogP contribution < -0.4 is 5.32 Å². The molecule has 0 bridgehead atoms. The Hall–Kier alpha value is -1.38. The minimum atomic E-state index is -0.586. The Morgan fingerprint density at radius 2 is 2.17 bits per heavy atom. The molecule has 0 saturated carbocycles. The minimum Gasteiger partial charge on any atom is -0.379 e. The minimum absolute atomic E-state index is 0.288. The molecule has 1 rings (SSSR count). The second-order valence-electron chi connectivity index (χ2n) is 2.29. The maximum absolute atomic E-state index is 12.8. The van der Waals surface area contributed by atoms with Gasteiger partial charge >= 0.3 is 0 Å². The summed E-state index contributed by atoms with van der Waals surface area (Å²) in [5, 5.41) is 2.73. The number of hydrogen-bond acceptors (Lipinski definition) is 1. The van der Waals surface area contributed by atoms with Gasteiger partial charge in [-0.25, -0.2) is 8.78 Å². The van der Waals surface area contributed by atoms with Gasteiger partial charge in [0, 0.05) is 12.6 Å². The molecule has 0 radical (unpaired) electrons. The highest BCUT2D eigenvalue weighted by molar-refractivity contribution is 5.44. The van der Waals surface area contributed by atoms with Crippen LogP contribution in [0.4, 0.5) is 14.5 Å². The first-order chi connectivity index (χ1) is 5.74. The fourth-order valence-corrected chi connectivity index (χ4v) is 0.815. The van der Waals surface area contributed by atoms with E-state index in [0.29, 0.717) is 6.54 Å². The van der Waals surface area contributed by atoms with Crippen molar-refractivity contribution in [2.24, 2.45) is 0 Å². The molecule has 1 nitrogen and oxygen atoms in total. The Morgan fingerprint density at radius 3 is 2.75 bits per heavy atom. The van der Waals surface area contributed by atoms with Crippen molar-refractivity contribution in [1.29, 1.82) is 0 Å². The predicted octanol–water partition coefficient (Wildman–Crippen LogP) is 2.56. The van der Waals surface area contributed by atoms with Gasteiger partial charge in [-0.05, 0) is 12.1 Å². The van der Waals surface area contributed by atoms with E-state index in [1.54, 1.807) is 6.08 Å². The zero-order valence-electron chi connectivity index (χ0n) is 6.48. The molecule has 0 amide bonds. The van der Waals surface area contributed by atoms with Crippen LogP contribution in [0.1, 0.15) is 0 Å². The van der Waals surface area contributed by atoms with Crippen LogP contribution >= 0.6 is 0 Å². The molecule has 64 valence electrons. The first-order valence-electron chi connectivity index (χ1n) is 3.54. The Morgan fingerprint density at radius 1 is 1.42 bits per heavy atom. The van der Waals surface area contributed by atoms with Crippen molar-refractivity contribution in [2.45, 2.75) is 0 Å². The van der Waals surface area contributed by atoms with Gasteiger partial charge in [0.05, 0.1) is 5.69 Å². The second-order valence-corrected chi connectivity index (χ2v) is 2.29. The SMILES string of the molecule is C=CCNc1ccc(F)cc1F. The lowest BCUT2D eigenvalue weighted by Crippen LogP contribution is -2.00. The lowest BCUT2D eigenvalue weighted by atomic mass is 10.3. The Kier molecular flexibility index (Phi) is 2.80. The van der Waals surface area contributed by atoms with E-state index in [9.17, 15) is 8.78 Å². The molecule has 1 N–H and O–H groups in total. The van der Waals surface area contributed by atoms with Gasteiger partial charge in [0.25, 0.3) is 0 Å². The Bertz CT molecular complexity index is 284. The molecule has 0 fully saturated rings. The summed E-state index contributed by atoms with van der Waals surface area (Å²) >= 11 is 0. The van der Waals surface area contributed by atoms with E-state index in [1.165, 1.54) is 12.1 Å². The van der Waals surface area contributed by atoms with E-state index < -0.39 is 11.6 Å². The number of nitrogens with one attached hydrogen (secondary N) is 1. The number of rotatable bonds is 3. The van der Waals surface area contributed by atoms with Crippen LogP contribution in [-0.2, 0) is 0 Å². The third-order valence-electron chi connectivity index (χ3n) is 1.37. The molecular weight excluding hydrogens is 160 g/mol. The first-order valence-corrected chi connectivity index (χ1v) is 3.54. The van der Waals surface area contributed by atoms with Crippen molar-refractivity contribution >= 4 is 5.69 Å². The largest absolute Gasteiger partial charge is 0.379 e. The summed E-state index contributed by atoms with van der Waals surface area (Å²) in [6.07, 6.45) is 1.60. The third kappa shape index (κ3) is 2.05. The molecule has 0 aliphatic heterocycles. The zero-order valence-corrected chi connectivity index (χ0v) is 6.48. The molecular formula is C9H9F2N. The van der Waals surface area contributed by atoms with E-state index >= 15 is 0 Å². The van der Waals surface area contributed by atoms with Crippen molar-refractivity contribution in [3.63, 3.8) is 0 Å². The standard InChI is InChI=1S/C9H9F2N/c1-2-5-12-9-4-3-7(10)6-8(9)11/h2-4,6,12H,1,5H2. The number of halogens is 2. The topological polar surface area (TPSA) is 12.0 Å². The summed E-state index contributed by atoms with van der Waals surface area (Å²) in [6.45, 7) is 3.92. The average molecular weight is 169 g/mol. The average Bonchev–Trinajstić information content (AvgIpc) is 2.03. The van der Waals surface area contributed by atoms with E-state index in [1.807, 2.05) is 0 Å². The van der Waals surface area contributed by atoms with Gasteiger partial charge in [-0.2, -0.15) is 0 Å². The zero-order chi connectivity index (χ0) is 8.97. The van der Waals surface area contributed by atoms with Crippen molar-refractivity contribution < 1.29 is 8.78 Å². The monoisotopic (exact) mass is 169 g/mol. The lowest BCUT2D eigenvalue weighted by Gasteiger charge is -2.03. The molecule has 3 heteroatoms. The molecule has 0 spiro atoms. The van der Waals surface area contributed by atoms with Crippen LogP contribution in [0.2, 0.25) is 0 Å². The van der Waals surface area contributed by atoms with Gasteiger partial charge in [0.2, 0.25) is 0 Å². The molecule has 0 aliphatic rings. The van der Waals surface area contributed by atoms with E-state index in [2.05, 4.69) is 11.9 Å². The quantitative estimate of drug-likeness (QED) is 0.685. The maximum atomic E-state index is 12.8. The van der Waals surface area contributed by atoms with Crippen molar-refractivity contribution in [3.05, 3.63) is 42.5 Å². The van der Waals surface area contributed by atoms with Crippen molar-refractivity contribution in [1.82, 2.24) is 0 Å². The molecule has 0 unspecified atom stereocenters. The lowest BCUT2D eigenvalue weighted by molar-refractivity contribution is 0.585. The summed E-state index contributed by atoms with van der Waals surface area (Å²) in [7, 11) is 0. The van der Waals surface area contributed by atoms with Gasteiger partial charge in [-0.1, -0.05) is 6.08 Å². The Labute approximate surface area is 69.7 Å². The summed E-state index contributed by atoms with van der Waals surface area (Å²) in [4.78, 5) is 0. The first kappa shape index (κ1) is 8.71. The summed E-state index contributed by atoms with van der Waals surface area (Å²) in [5.41, 5.74) is 0.288. The van der Waals surface area contributed by atoms with Gasteiger partial charge in [-0.3, -0.25) is 0 Å². The Balaban J connectivity index is 2.78. The third-order valence-corrected chi connectivity index (χ3v) is 1.37. The molecule has 1 aromatic carbocycles. The van der Waals surface area contributed by atoms with Crippen LogP contribution in [-0.4, -0.2) is 6.54 Å². The van der Waals surface area contributed by atoms with Crippen LogP contribution in [0.5, 0.6) is 0 Å². The molecule has 0 aliphatic carbocycles. The fourth-order valence-electron chi connectivity index (χ4n) is 0.815. The van der Waals surface area contributed by atoms with Gasteiger partial charge < -0.3 is 5.32 Å². The second kappa shape index (κ2) is 3.85. The van der Waals surface area contributed by atoms with Gasteiger partial charge in [-0.15, -0.1) is 6.58 Å². The van der Waals surface area contributed by atoms with E-state index in [-0.39, 0.29) is 5.69 Å². The molecule has 1 aromatic rings. The van der Waals surface area contributed by atoms with Gasteiger partial charge in [0.15, 0.2) is 0 Å². The van der Waals surface area contributed by atoms with Gasteiger partial charge in [0.1, 0.15) is 11.6 Å². The highest BCUT2D eigenvalue weighted by Gasteiger charge is 2.00. The smallest absolute Gasteiger partial charge is 0.149 e. The van der Waals surface area contributed by atoms with Crippen LogP contribution in [0, 0.1) is 11.6 Å². The highest BCUT2D eigenvalue weighted by atomic mass is 19.1. The van der Waals surface area contributed by atoms with Crippen LogP contribution in [0.15, 0.2) is 30.9 Å². The predicted molar refractivity (Wildman–Crippen MR) is 45.0 cm³/mol. The summed E-state index contributed by atoms with van der Waals surface area (Å²) < 4.78 is 25.2. The molecule has 0 heterocycles. The molecule has 0 saturated heterocycles. The highest BCUT2D eigenvalue weighted by Crippen LogP contribution is 2.14. The van der Waals surface area contributed by atoms with Crippen LogP contribution in [0.3, 0.4) is 0 Å². The normalized spacial score (nSPS) is 9.50. The van der Waals surface area contributed by atoms with E-state index in [0.717, 1.165) is 6.07 Å². The summed E-state index contributed by atoms with van der Waals surface area (Å²) in [6, 6.07) is 3.40. The maximum Gasteiger partial charge on any atom is 0.149 e. The molecule has 0 aromatic heterocycles.